The van der Waals surface area contributed by atoms with E-state index in [1.165, 1.54) is 0 Å². The molecule has 1 aromatic heterocycles. The molecule has 3 N–H and O–H groups in total. The number of anilines is 1. The molecule has 0 aliphatic carbocycles. The van der Waals surface area contributed by atoms with Crippen LogP contribution in [-0.2, 0) is 11.2 Å². The zero-order chi connectivity index (χ0) is 15.4. The zero-order valence-corrected chi connectivity index (χ0v) is 13.2. The van der Waals surface area contributed by atoms with E-state index in [1.54, 1.807) is 0 Å². The Kier molecular flexibility index (Phi) is 4.91. The monoisotopic (exact) mass is 286 g/mol. The van der Waals surface area contributed by atoms with Crippen LogP contribution in [0.5, 0.6) is 0 Å². The first-order chi connectivity index (χ1) is 10.0. The summed E-state index contributed by atoms with van der Waals surface area (Å²) in [6, 6.07) is 8.37. The second-order valence-electron chi connectivity index (χ2n) is 5.66. The third-order valence-corrected chi connectivity index (χ3v) is 3.61. The largest absolute Gasteiger partial charge is 0.336 e. The summed E-state index contributed by atoms with van der Waals surface area (Å²) in [6.07, 6.45) is 0.859. The third kappa shape index (κ3) is 3.58. The fourth-order valence-electron chi connectivity index (χ4n) is 2.40. The predicted octanol–water partition coefficient (Wildman–Crippen LogP) is 2.02. The molecule has 0 bridgehead atoms. The Morgan fingerprint density at radius 3 is 2.71 bits per heavy atom. The Balaban J connectivity index is 2.37. The highest BCUT2D eigenvalue weighted by molar-refractivity contribution is 6.02. The van der Waals surface area contributed by atoms with Crippen molar-refractivity contribution in [2.75, 3.05) is 11.9 Å². The molecule has 4 nitrogen and oxygen atoms in total. The highest BCUT2D eigenvalue weighted by Gasteiger charge is 2.14. The molecule has 0 aliphatic rings. The molecule has 1 aromatic carbocycles. The normalized spacial score (nSPS) is 11.1. The summed E-state index contributed by atoms with van der Waals surface area (Å²) in [5.41, 5.74) is 3.94. The van der Waals surface area contributed by atoms with Crippen molar-refractivity contribution in [2.45, 2.75) is 40.2 Å². The van der Waals surface area contributed by atoms with Gasteiger partial charge in [0.1, 0.15) is 0 Å². The Morgan fingerprint density at radius 1 is 1.33 bits per heavy atom. The number of nitrogens with two attached hydrogens (primary N) is 1. The molecule has 4 heteroatoms. The predicted molar refractivity (Wildman–Crippen MR) is 86.4 cm³/mol. The fourth-order valence-corrected chi connectivity index (χ4v) is 2.40. The lowest BCUT2D eigenvalue weighted by Gasteiger charge is -2.14. The number of pyridine rings is 1. The molecule has 0 aliphatic heterocycles. The number of hydrogen-bond donors (Lipinski definition) is 2. The van der Waals surface area contributed by atoms with Crippen LogP contribution in [-0.4, -0.2) is 23.5 Å². The molecule has 112 valence electrons. The van der Waals surface area contributed by atoms with E-state index < -0.39 is 0 Å². The highest BCUT2D eigenvalue weighted by atomic mass is 16.1. The maximum atomic E-state index is 12.1. The number of carbonyl (C=O) groups is 1. The topological polar surface area (TPSA) is 58.6 Å². The molecule has 1 heterocycles. The van der Waals surface area contributed by atoms with Crippen LogP contribution in [0.25, 0.3) is 10.9 Å². The number of nitrogens with one attached hydrogen (secondary N) is 1. The first-order valence-corrected chi connectivity index (χ1v) is 7.54. The van der Waals surface area contributed by atoms with E-state index in [0.29, 0.717) is 12.6 Å². The van der Waals surface area contributed by atoms with Crippen LogP contribution in [0, 0.1) is 6.92 Å². The summed E-state index contributed by atoms with van der Waals surface area (Å²) < 4.78 is 0. The van der Waals surface area contributed by atoms with Gasteiger partial charge in [0.25, 0.3) is 5.91 Å². The van der Waals surface area contributed by atoms with Gasteiger partial charge in [0.15, 0.2) is 6.54 Å². The van der Waals surface area contributed by atoms with Gasteiger partial charge in [-0.15, -0.1) is 0 Å². The van der Waals surface area contributed by atoms with Crippen molar-refractivity contribution in [3.05, 3.63) is 35.5 Å². The van der Waals surface area contributed by atoms with Gasteiger partial charge in [-0.3, -0.25) is 9.78 Å². The molecule has 0 saturated carbocycles. The minimum Gasteiger partial charge on any atom is -0.336 e. The van der Waals surface area contributed by atoms with Crippen LogP contribution in [0.3, 0.4) is 0 Å². The van der Waals surface area contributed by atoms with E-state index >= 15 is 0 Å². The number of fused-ring (bicyclic) bond motifs is 1. The minimum atomic E-state index is 0.0326. The lowest BCUT2D eigenvalue weighted by atomic mass is 10.1. The average molecular weight is 286 g/mol. The number of para-hydroxylation sites is 1. The number of nitrogens with zero attached hydrogens (tertiary/aromatic N) is 1. The van der Waals surface area contributed by atoms with Gasteiger partial charge in [0, 0.05) is 11.1 Å². The molecule has 2 rings (SSSR count). The number of aryl methyl sites for hydroxylation is 1. The Hall–Kier alpha value is -1.94. The fraction of sp³-hybridized carbons (Fsp3) is 0.412. The molecule has 21 heavy (non-hydrogen) atoms. The van der Waals surface area contributed by atoms with E-state index in [1.807, 2.05) is 36.5 Å². The van der Waals surface area contributed by atoms with E-state index in [-0.39, 0.29) is 5.91 Å². The van der Waals surface area contributed by atoms with Gasteiger partial charge < -0.3 is 10.6 Å². The van der Waals surface area contributed by atoms with Gasteiger partial charge in [0.2, 0.25) is 0 Å². The molecular weight excluding hydrogens is 262 g/mol. The van der Waals surface area contributed by atoms with E-state index in [0.717, 1.165) is 34.3 Å². The number of amides is 1. The smallest absolute Gasteiger partial charge is 0.279 e. The van der Waals surface area contributed by atoms with Crippen molar-refractivity contribution in [3.63, 3.8) is 0 Å². The van der Waals surface area contributed by atoms with Crippen LogP contribution in [0.2, 0.25) is 0 Å². The van der Waals surface area contributed by atoms with Crippen molar-refractivity contribution in [1.82, 2.24) is 4.98 Å². The summed E-state index contributed by atoms with van der Waals surface area (Å²) >= 11 is 0. The third-order valence-electron chi connectivity index (χ3n) is 3.61. The standard InChI is InChI=1S/C17H23N3O/c1-5-14-12(4)17(20-16(21)10-18-11(2)3)13-8-6-7-9-15(13)19-14/h6-9,11,18H,5,10H2,1-4H3,(H,19,20,21)/p+1. The second-order valence-corrected chi connectivity index (χ2v) is 5.66. The minimum absolute atomic E-state index is 0.0326. The molecule has 0 fully saturated rings. The Bertz CT molecular complexity index is 650. The van der Waals surface area contributed by atoms with Crippen LogP contribution in [0.4, 0.5) is 5.69 Å². The molecule has 2 aromatic rings. The van der Waals surface area contributed by atoms with E-state index in [2.05, 4.69) is 31.1 Å². The number of rotatable bonds is 5. The summed E-state index contributed by atoms with van der Waals surface area (Å²) in [5.74, 6) is 0.0326. The van der Waals surface area contributed by atoms with Gasteiger partial charge in [0.05, 0.1) is 17.2 Å². The lowest BCUT2D eigenvalue weighted by Crippen LogP contribution is -2.90. The highest BCUT2D eigenvalue weighted by Crippen LogP contribution is 2.28. The van der Waals surface area contributed by atoms with Crippen molar-refractivity contribution in [3.8, 4) is 0 Å². The summed E-state index contributed by atoms with van der Waals surface area (Å²) in [4.78, 5) is 16.8. The SMILES string of the molecule is CCc1nc2ccccc2c(NC(=O)C[NH2+]C(C)C)c1C. The molecule has 0 spiro atoms. The van der Waals surface area contributed by atoms with Gasteiger partial charge in [-0.25, -0.2) is 0 Å². The van der Waals surface area contributed by atoms with Crippen LogP contribution < -0.4 is 10.6 Å². The van der Waals surface area contributed by atoms with Crippen molar-refractivity contribution >= 4 is 22.5 Å². The van der Waals surface area contributed by atoms with E-state index in [4.69, 9.17) is 0 Å². The maximum Gasteiger partial charge on any atom is 0.279 e. The summed E-state index contributed by atoms with van der Waals surface area (Å²) in [5, 5.41) is 6.10. The van der Waals surface area contributed by atoms with Crippen molar-refractivity contribution < 1.29 is 10.1 Å². The number of benzene rings is 1. The Morgan fingerprint density at radius 2 is 2.05 bits per heavy atom. The molecule has 0 saturated heterocycles. The number of aromatic nitrogens is 1. The van der Waals surface area contributed by atoms with Crippen molar-refractivity contribution in [2.24, 2.45) is 0 Å². The van der Waals surface area contributed by atoms with Gasteiger partial charge in [-0.2, -0.15) is 0 Å². The first kappa shape index (κ1) is 15.4. The number of quaternary nitrogens is 1. The number of carbonyl (C=O) groups excluding carboxylic acids is 1. The second kappa shape index (κ2) is 6.68. The summed E-state index contributed by atoms with van der Waals surface area (Å²) in [7, 11) is 0. The Labute approximate surface area is 126 Å². The molecule has 1 amide bonds. The number of hydrogen-bond acceptors (Lipinski definition) is 2. The molecule has 0 unspecified atom stereocenters. The lowest BCUT2D eigenvalue weighted by molar-refractivity contribution is -0.672. The van der Waals surface area contributed by atoms with E-state index in [9.17, 15) is 4.79 Å². The first-order valence-electron chi connectivity index (χ1n) is 7.54. The molecule has 0 atom stereocenters. The quantitative estimate of drug-likeness (QED) is 0.883. The maximum absolute atomic E-state index is 12.1. The zero-order valence-electron chi connectivity index (χ0n) is 13.2. The van der Waals surface area contributed by atoms with Gasteiger partial charge >= 0.3 is 0 Å². The van der Waals surface area contributed by atoms with Gasteiger partial charge in [-0.1, -0.05) is 25.1 Å². The summed E-state index contributed by atoms with van der Waals surface area (Å²) in [6.45, 7) is 8.71. The van der Waals surface area contributed by atoms with Crippen LogP contribution in [0.15, 0.2) is 24.3 Å². The van der Waals surface area contributed by atoms with Crippen LogP contribution >= 0.6 is 0 Å². The van der Waals surface area contributed by atoms with Crippen LogP contribution in [0.1, 0.15) is 32.0 Å². The van der Waals surface area contributed by atoms with Gasteiger partial charge in [-0.05, 0) is 38.8 Å². The molecule has 0 radical (unpaired) electrons. The average Bonchev–Trinajstić information content (AvgIpc) is 2.47. The van der Waals surface area contributed by atoms with Crippen molar-refractivity contribution in [1.29, 1.82) is 0 Å². The molecular formula is C17H24N3O+.